The number of piperidine rings is 1. The summed E-state index contributed by atoms with van der Waals surface area (Å²) in [5.41, 5.74) is -0.201. The highest BCUT2D eigenvalue weighted by molar-refractivity contribution is 7.16. The topological polar surface area (TPSA) is 29.1 Å². The lowest BCUT2D eigenvalue weighted by atomic mass is 9.89. The van der Waals surface area contributed by atoms with Crippen LogP contribution in [0.5, 0.6) is 0 Å². The molecule has 1 aromatic rings. The molecule has 1 aromatic heterocycles. The van der Waals surface area contributed by atoms with E-state index in [4.69, 9.17) is 11.6 Å². The Kier molecular flexibility index (Phi) is 2.64. The van der Waals surface area contributed by atoms with Crippen LogP contribution in [-0.2, 0) is 10.3 Å². The number of thiophene rings is 1. The van der Waals surface area contributed by atoms with Crippen molar-refractivity contribution in [3.63, 3.8) is 0 Å². The fraction of sp³-hybridized carbons (Fsp3) is 0.500. The van der Waals surface area contributed by atoms with Gasteiger partial charge in [0.05, 0.1) is 9.88 Å². The van der Waals surface area contributed by atoms with E-state index in [-0.39, 0.29) is 5.54 Å². The molecule has 2 rings (SSSR count). The first-order valence-corrected chi connectivity index (χ1v) is 5.82. The summed E-state index contributed by atoms with van der Waals surface area (Å²) in [4.78, 5) is 12.5. The Morgan fingerprint density at radius 2 is 2.36 bits per heavy atom. The first-order valence-electron chi connectivity index (χ1n) is 4.63. The van der Waals surface area contributed by atoms with E-state index < -0.39 is 0 Å². The molecule has 1 atom stereocenters. The predicted molar refractivity (Wildman–Crippen MR) is 58.9 cm³/mol. The predicted octanol–water partition coefficient (Wildman–Crippen LogP) is 2.57. The minimum absolute atomic E-state index is 0.201. The minimum atomic E-state index is -0.201. The number of nitrogens with one attached hydrogen (secondary N) is 1. The monoisotopic (exact) mass is 229 g/mol. The Balaban J connectivity index is 2.26. The van der Waals surface area contributed by atoms with Crippen LogP contribution in [-0.4, -0.2) is 12.3 Å². The van der Waals surface area contributed by atoms with Gasteiger partial charge in [-0.2, -0.15) is 0 Å². The summed E-state index contributed by atoms with van der Waals surface area (Å²) in [6, 6.07) is 3.88. The average molecular weight is 230 g/mol. The Bertz CT molecular complexity index is 363. The third-order valence-corrected chi connectivity index (χ3v) is 4.08. The number of rotatable bonds is 1. The molecule has 1 fully saturated rings. The fourth-order valence-corrected chi connectivity index (χ4v) is 2.97. The maximum atomic E-state index is 11.4. The van der Waals surface area contributed by atoms with Gasteiger partial charge in [-0.05, 0) is 19.1 Å². The molecule has 1 aliphatic rings. The number of hydrogen-bond donors (Lipinski definition) is 1. The molecule has 0 spiro atoms. The summed E-state index contributed by atoms with van der Waals surface area (Å²) < 4.78 is 0.779. The summed E-state index contributed by atoms with van der Waals surface area (Å²) in [5.74, 6) is 0.329. The highest BCUT2D eigenvalue weighted by atomic mass is 35.5. The van der Waals surface area contributed by atoms with E-state index in [1.807, 2.05) is 12.1 Å². The van der Waals surface area contributed by atoms with Crippen LogP contribution in [0.2, 0.25) is 4.34 Å². The van der Waals surface area contributed by atoms with Gasteiger partial charge in [0.15, 0.2) is 0 Å². The summed E-state index contributed by atoms with van der Waals surface area (Å²) in [6.07, 6.45) is 1.22. The fourth-order valence-electron chi connectivity index (χ4n) is 1.81. The van der Waals surface area contributed by atoms with E-state index in [9.17, 15) is 4.79 Å². The zero-order chi connectivity index (χ0) is 10.2. The SMILES string of the molecule is CC1(c2ccc(Cl)s2)CC(=O)CCN1. The van der Waals surface area contributed by atoms with Crippen molar-refractivity contribution in [2.75, 3.05) is 6.54 Å². The smallest absolute Gasteiger partial charge is 0.136 e. The summed E-state index contributed by atoms with van der Waals surface area (Å²) >= 11 is 7.43. The zero-order valence-corrected chi connectivity index (χ0v) is 9.54. The van der Waals surface area contributed by atoms with Crippen LogP contribution in [0.15, 0.2) is 12.1 Å². The third-order valence-electron chi connectivity index (χ3n) is 2.59. The van der Waals surface area contributed by atoms with Crippen LogP contribution < -0.4 is 5.32 Å². The van der Waals surface area contributed by atoms with Crippen LogP contribution in [0.3, 0.4) is 0 Å². The lowest BCUT2D eigenvalue weighted by Gasteiger charge is -2.33. The molecule has 2 heterocycles. The van der Waals surface area contributed by atoms with Gasteiger partial charge in [0.1, 0.15) is 5.78 Å². The second-order valence-corrected chi connectivity index (χ2v) is 5.54. The molecule has 2 nitrogen and oxygen atoms in total. The molecular weight excluding hydrogens is 218 g/mol. The number of carbonyl (C=O) groups excluding carboxylic acids is 1. The lowest BCUT2D eigenvalue weighted by molar-refractivity contribution is -0.122. The molecule has 76 valence electrons. The van der Waals surface area contributed by atoms with Gasteiger partial charge in [-0.25, -0.2) is 0 Å². The second-order valence-electron chi connectivity index (χ2n) is 3.83. The van der Waals surface area contributed by atoms with Crippen LogP contribution in [0.4, 0.5) is 0 Å². The van der Waals surface area contributed by atoms with E-state index in [2.05, 4.69) is 12.2 Å². The molecule has 1 unspecified atom stereocenters. The van der Waals surface area contributed by atoms with Gasteiger partial charge in [-0.1, -0.05) is 11.6 Å². The molecule has 0 amide bonds. The Morgan fingerprint density at radius 3 is 2.93 bits per heavy atom. The Morgan fingerprint density at radius 1 is 1.57 bits per heavy atom. The molecule has 0 saturated carbocycles. The van der Waals surface area contributed by atoms with E-state index in [1.165, 1.54) is 0 Å². The van der Waals surface area contributed by atoms with Crippen molar-refractivity contribution in [3.8, 4) is 0 Å². The quantitative estimate of drug-likeness (QED) is 0.802. The van der Waals surface area contributed by atoms with Gasteiger partial charge >= 0.3 is 0 Å². The van der Waals surface area contributed by atoms with Gasteiger partial charge in [-0.3, -0.25) is 4.79 Å². The summed E-state index contributed by atoms with van der Waals surface area (Å²) in [7, 11) is 0. The molecular formula is C10H12ClNOS. The molecule has 1 N–H and O–H groups in total. The van der Waals surface area contributed by atoms with E-state index >= 15 is 0 Å². The van der Waals surface area contributed by atoms with Gasteiger partial charge < -0.3 is 5.32 Å². The molecule has 14 heavy (non-hydrogen) atoms. The van der Waals surface area contributed by atoms with Gasteiger partial charge in [-0.15, -0.1) is 11.3 Å². The number of hydrogen-bond acceptors (Lipinski definition) is 3. The molecule has 0 radical (unpaired) electrons. The van der Waals surface area contributed by atoms with Crippen molar-refractivity contribution in [1.29, 1.82) is 0 Å². The number of ketones is 1. The molecule has 1 saturated heterocycles. The maximum absolute atomic E-state index is 11.4. The minimum Gasteiger partial charge on any atom is -0.306 e. The largest absolute Gasteiger partial charge is 0.306 e. The summed E-state index contributed by atoms with van der Waals surface area (Å²) in [6.45, 7) is 2.83. The number of Topliss-reactive ketones (excluding diaryl/α,β-unsaturated/α-hetero) is 1. The molecule has 0 aromatic carbocycles. The van der Waals surface area contributed by atoms with E-state index in [0.717, 1.165) is 15.8 Å². The molecule has 0 bridgehead atoms. The Hall–Kier alpha value is -0.380. The first-order chi connectivity index (χ1) is 6.60. The van der Waals surface area contributed by atoms with E-state index in [1.54, 1.807) is 11.3 Å². The van der Waals surface area contributed by atoms with Crippen molar-refractivity contribution in [1.82, 2.24) is 5.32 Å². The number of carbonyl (C=O) groups is 1. The van der Waals surface area contributed by atoms with Gasteiger partial charge in [0.2, 0.25) is 0 Å². The van der Waals surface area contributed by atoms with Crippen molar-refractivity contribution in [2.45, 2.75) is 25.3 Å². The van der Waals surface area contributed by atoms with Crippen LogP contribution in [0, 0.1) is 0 Å². The standard InChI is InChI=1S/C10H12ClNOS/c1-10(6-7(13)4-5-12-10)8-2-3-9(11)14-8/h2-3,12H,4-6H2,1H3. The van der Waals surface area contributed by atoms with Gasteiger partial charge in [0, 0.05) is 24.3 Å². The maximum Gasteiger partial charge on any atom is 0.136 e. The zero-order valence-electron chi connectivity index (χ0n) is 7.97. The van der Waals surface area contributed by atoms with E-state index in [0.29, 0.717) is 18.6 Å². The highest BCUT2D eigenvalue weighted by Gasteiger charge is 2.33. The molecule has 1 aliphatic heterocycles. The van der Waals surface area contributed by atoms with Crippen molar-refractivity contribution < 1.29 is 4.79 Å². The highest BCUT2D eigenvalue weighted by Crippen LogP contribution is 2.35. The van der Waals surface area contributed by atoms with Crippen molar-refractivity contribution in [3.05, 3.63) is 21.3 Å². The second kappa shape index (κ2) is 3.65. The molecule has 4 heteroatoms. The van der Waals surface area contributed by atoms with Crippen LogP contribution in [0.25, 0.3) is 0 Å². The lowest BCUT2D eigenvalue weighted by Crippen LogP contribution is -2.45. The first kappa shape index (κ1) is 10.1. The third kappa shape index (κ3) is 1.85. The number of halogens is 1. The van der Waals surface area contributed by atoms with Crippen molar-refractivity contribution in [2.24, 2.45) is 0 Å². The molecule has 0 aliphatic carbocycles. The average Bonchev–Trinajstić information content (AvgIpc) is 2.52. The van der Waals surface area contributed by atoms with Crippen LogP contribution >= 0.6 is 22.9 Å². The Labute approximate surface area is 92.3 Å². The normalized spacial score (nSPS) is 28.0. The summed E-state index contributed by atoms with van der Waals surface area (Å²) in [5, 5.41) is 3.39. The van der Waals surface area contributed by atoms with Gasteiger partial charge in [0.25, 0.3) is 0 Å². The van der Waals surface area contributed by atoms with Crippen LogP contribution in [0.1, 0.15) is 24.6 Å². The van der Waals surface area contributed by atoms with Crippen molar-refractivity contribution >= 4 is 28.7 Å².